The van der Waals surface area contributed by atoms with E-state index in [4.69, 9.17) is 14.2 Å². The molecule has 0 unspecified atom stereocenters. The third kappa shape index (κ3) is 3.80. The molecule has 0 amide bonds. The summed E-state index contributed by atoms with van der Waals surface area (Å²) in [5.41, 5.74) is 1.77. The molecule has 0 bridgehead atoms. The average molecular weight is 339 g/mol. The number of carbonyl (C=O) groups excluding carboxylic acids is 2. The van der Waals surface area contributed by atoms with Gasteiger partial charge in [-0.2, -0.15) is 0 Å². The molecule has 0 atom stereocenters. The van der Waals surface area contributed by atoms with E-state index in [1.54, 1.807) is 6.07 Å². The van der Waals surface area contributed by atoms with Crippen LogP contribution in [0, 0.1) is 0 Å². The molecule has 0 fully saturated rings. The van der Waals surface area contributed by atoms with Gasteiger partial charge in [-0.15, -0.1) is 0 Å². The Hall–Kier alpha value is -3.28. The molecule has 0 aliphatic rings. The fourth-order valence-corrected chi connectivity index (χ4v) is 2.42. The Morgan fingerprint density at radius 1 is 1.00 bits per heavy atom. The molecular weight excluding hydrogens is 322 g/mol. The topological polar surface area (TPSA) is 77.6 Å². The molecule has 0 aliphatic heterocycles. The van der Waals surface area contributed by atoms with Crippen molar-refractivity contribution in [2.45, 2.75) is 6.61 Å². The van der Waals surface area contributed by atoms with Gasteiger partial charge in [0.15, 0.2) is 18.1 Å². The number of H-pyrrole nitrogens is 1. The molecule has 2 aromatic carbocycles. The first-order valence-corrected chi connectivity index (χ1v) is 7.70. The van der Waals surface area contributed by atoms with Gasteiger partial charge in [-0.1, -0.05) is 42.5 Å². The molecule has 0 aliphatic carbocycles. The fourth-order valence-electron chi connectivity index (χ4n) is 2.42. The smallest absolute Gasteiger partial charge is 0.358 e. The van der Waals surface area contributed by atoms with Crippen LogP contribution >= 0.6 is 0 Å². The lowest BCUT2D eigenvalue weighted by Gasteiger charge is -2.08. The summed E-state index contributed by atoms with van der Waals surface area (Å²) in [5, 5.41) is 0.693. The number of hydrogen-bond acceptors (Lipinski definition) is 5. The molecule has 3 rings (SSSR count). The van der Waals surface area contributed by atoms with Crippen molar-refractivity contribution in [1.29, 1.82) is 0 Å². The molecule has 1 N–H and O–H groups in total. The minimum Gasteiger partial charge on any atom is -0.479 e. The number of ether oxygens (including phenoxy) is 3. The summed E-state index contributed by atoms with van der Waals surface area (Å²) >= 11 is 0. The van der Waals surface area contributed by atoms with Crippen molar-refractivity contribution in [3.63, 3.8) is 0 Å². The van der Waals surface area contributed by atoms with E-state index >= 15 is 0 Å². The van der Waals surface area contributed by atoms with Crippen LogP contribution < -0.4 is 4.74 Å². The minimum atomic E-state index is -0.566. The molecule has 6 nitrogen and oxygen atoms in total. The molecule has 0 radical (unpaired) electrons. The van der Waals surface area contributed by atoms with Crippen molar-refractivity contribution in [2.24, 2.45) is 0 Å². The van der Waals surface area contributed by atoms with Crippen LogP contribution in [0.25, 0.3) is 10.9 Å². The van der Waals surface area contributed by atoms with Gasteiger partial charge in [-0.25, -0.2) is 9.59 Å². The normalized spacial score (nSPS) is 10.4. The van der Waals surface area contributed by atoms with Gasteiger partial charge in [0, 0.05) is 10.9 Å². The van der Waals surface area contributed by atoms with Crippen molar-refractivity contribution >= 4 is 22.8 Å². The SMILES string of the molecule is COC(=O)c1[nH]c2ccccc2c1OCC(=O)OCc1ccccc1. The van der Waals surface area contributed by atoms with E-state index in [-0.39, 0.29) is 24.7 Å². The second-order valence-corrected chi connectivity index (χ2v) is 5.30. The van der Waals surface area contributed by atoms with Crippen LogP contribution in [-0.2, 0) is 20.9 Å². The first kappa shape index (κ1) is 16.6. The van der Waals surface area contributed by atoms with Crippen molar-refractivity contribution in [2.75, 3.05) is 13.7 Å². The molecule has 128 valence electrons. The van der Waals surface area contributed by atoms with Crippen LogP contribution in [-0.4, -0.2) is 30.6 Å². The largest absolute Gasteiger partial charge is 0.479 e. The Balaban J connectivity index is 1.69. The monoisotopic (exact) mass is 339 g/mol. The van der Waals surface area contributed by atoms with E-state index in [9.17, 15) is 9.59 Å². The lowest BCUT2D eigenvalue weighted by molar-refractivity contribution is -0.147. The molecule has 3 aromatic rings. The van der Waals surface area contributed by atoms with E-state index in [2.05, 4.69) is 4.98 Å². The molecular formula is C19H17NO5. The number of nitrogens with one attached hydrogen (secondary N) is 1. The van der Waals surface area contributed by atoms with Crippen molar-refractivity contribution < 1.29 is 23.8 Å². The molecule has 1 aromatic heterocycles. The number of carbonyl (C=O) groups is 2. The zero-order valence-corrected chi connectivity index (χ0v) is 13.7. The van der Waals surface area contributed by atoms with Crippen molar-refractivity contribution in [3.8, 4) is 5.75 Å². The highest BCUT2D eigenvalue weighted by Crippen LogP contribution is 2.30. The summed E-state index contributed by atoms with van der Waals surface area (Å²) in [5.74, 6) is -0.812. The highest BCUT2D eigenvalue weighted by Gasteiger charge is 2.20. The number of fused-ring (bicyclic) bond motifs is 1. The van der Waals surface area contributed by atoms with E-state index in [0.29, 0.717) is 5.39 Å². The zero-order valence-electron chi connectivity index (χ0n) is 13.7. The summed E-state index contributed by atoms with van der Waals surface area (Å²) in [6, 6.07) is 16.6. The second-order valence-electron chi connectivity index (χ2n) is 5.30. The first-order valence-electron chi connectivity index (χ1n) is 7.70. The average Bonchev–Trinajstić information content (AvgIpc) is 3.03. The van der Waals surface area contributed by atoms with E-state index < -0.39 is 11.9 Å². The fraction of sp³-hybridized carbons (Fsp3) is 0.158. The molecule has 6 heteroatoms. The number of para-hydroxylation sites is 1. The van der Waals surface area contributed by atoms with Crippen LogP contribution in [0.2, 0.25) is 0 Å². The highest BCUT2D eigenvalue weighted by molar-refractivity contribution is 6.01. The number of rotatable bonds is 6. The third-order valence-corrected chi connectivity index (χ3v) is 3.62. The summed E-state index contributed by atoms with van der Waals surface area (Å²) < 4.78 is 15.5. The molecule has 25 heavy (non-hydrogen) atoms. The lowest BCUT2D eigenvalue weighted by Crippen LogP contribution is -2.16. The first-order chi connectivity index (χ1) is 12.2. The van der Waals surface area contributed by atoms with Crippen LogP contribution in [0.4, 0.5) is 0 Å². The zero-order chi connectivity index (χ0) is 17.6. The minimum absolute atomic E-state index is 0.166. The number of esters is 2. The van der Waals surface area contributed by atoms with E-state index in [1.165, 1.54) is 7.11 Å². The van der Waals surface area contributed by atoms with E-state index in [0.717, 1.165) is 11.1 Å². The van der Waals surface area contributed by atoms with Gasteiger partial charge in [0.1, 0.15) is 6.61 Å². The Bertz CT molecular complexity index is 885. The van der Waals surface area contributed by atoms with Crippen LogP contribution in [0.5, 0.6) is 5.75 Å². The van der Waals surface area contributed by atoms with Crippen LogP contribution in [0.15, 0.2) is 54.6 Å². The maximum absolute atomic E-state index is 11.9. The number of methoxy groups -OCH3 is 1. The Morgan fingerprint density at radius 3 is 2.48 bits per heavy atom. The molecule has 0 saturated carbocycles. The standard InChI is InChI=1S/C19H17NO5/c1-23-19(22)17-18(14-9-5-6-10-15(14)20-17)25-12-16(21)24-11-13-7-3-2-4-8-13/h2-10,20H,11-12H2,1H3. The van der Waals surface area contributed by atoms with Gasteiger partial charge in [-0.05, 0) is 17.7 Å². The number of aromatic nitrogens is 1. The number of aromatic amines is 1. The van der Waals surface area contributed by atoms with Crippen LogP contribution in [0.1, 0.15) is 16.1 Å². The summed E-state index contributed by atoms with van der Waals surface area (Å²) in [6.07, 6.45) is 0. The van der Waals surface area contributed by atoms with Gasteiger partial charge >= 0.3 is 11.9 Å². The summed E-state index contributed by atoms with van der Waals surface area (Å²) in [6.45, 7) is -0.139. The highest BCUT2D eigenvalue weighted by atomic mass is 16.6. The van der Waals surface area contributed by atoms with Crippen molar-refractivity contribution in [3.05, 3.63) is 65.9 Å². The predicted octanol–water partition coefficient (Wildman–Crippen LogP) is 3.08. The van der Waals surface area contributed by atoms with Gasteiger partial charge in [0.2, 0.25) is 0 Å². The quantitative estimate of drug-likeness (QED) is 0.698. The predicted molar refractivity (Wildman–Crippen MR) is 91.4 cm³/mol. The summed E-state index contributed by atoms with van der Waals surface area (Å²) in [4.78, 5) is 26.8. The maximum atomic E-state index is 11.9. The molecule has 1 heterocycles. The summed E-state index contributed by atoms with van der Waals surface area (Å²) in [7, 11) is 1.28. The Labute approximate surface area is 144 Å². The molecule has 0 saturated heterocycles. The van der Waals surface area contributed by atoms with Gasteiger partial charge in [0.25, 0.3) is 0 Å². The third-order valence-electron chi connectivity index (χ3n) is 3.62. The maximum Gasteiger partial charge on any atom is 0.358 e. The molecule has 0 spiro atoms. The van der Waals surface area contributed by atoms with Gasteiger partial charge < -0.3 is 19.2 Å². The van der Waals surface area contributed by atoms with Crippen molar-refractivity contribution in [1.82, 2.24) is 4.98 Å². The number of hydrogen-bond donors (Lipinski definition) is 1. The Morgan fingerprint density at radius 2 is 1.72 bits per heavy atom. The van der Waals surface area contributed by atoms with Crippen LogP contribution in [0.3, 0.4) is 0 Å². The van der Waals surface area contributed by atoms with Gasteiger partial charge in [0.05, 0.1) is 7.11 Å². The Kier molecular flexibility index (Phi) is 4.99. The van der Waals surface area contributed by atoms with Gasteiger partial charge in [-0.3, -0.25) is 0 Å². The lowest BCUT2D eigenvalue weighted by atomic mass is 10.2. The second kappa shape index (κ2) is 7.53. The van der Waals surface area contributed by atoms with E-state index in [1.807, 2.05) is 48.5 Å². The number of benzene rings is 2.